The predicted molar refractivity (Wildman–Crippen MR) is 109 cm³/mol. The monoisotopic (exact) mass is 404 g/mol. The summed E-state index contributed by atoms with van der Waals surface area (Å²) in [5.41, 5.74) is 1.81. The fourth-order valence-electron chi connectivity index (χ4n) is 3.05. The molecule has 2 atom stereocenters. The first-order valence-electron chi connectivity index (χ1n) is 9.19. The largest absolute Gasteiger partial charge is 0.493 e. The molecule has 0 unspecified atom stereocenters. The van der Waals surface area contributed by atoms with E-state index in [9.17, 15) is 9.90 Å². The van der Waals surface area contributed by atoms with Crippen LogP contribution in [0, 0.1) is 0 Å². The van der Waals surface area contributed by atoms with Gasteiger partial charge in [-0.15, -0.1) is 0 Å². The number of aliphatic hydroxyl groups is 1. The molecule has 2 aromatic rings. The summed E-state index contributed by atoms with van der Waals surface area (Å²) in [7, 11) is 4.63. The fourth-order valence-corrected chi connectivity index (χ4v) is 3.05. The zero-order valence-corrected chi connectivity index (χ0v) is 16.8. The molecular weight excluding hydrogens is 376 g/mol. The zero-order chi connectivity index (χ0) is 21.2. The van der Waals surface area contributed by atoms with Gasteiger partial charge in [-0.1, -0.05) is 30.3 Å². The molecule has 158 valence electrons. The summed E-state index contributed by atoms with van der Waals surface area (Å²) in [5.74, 6) is 1.59. The van der Waals surface area contributed by atoms with Crippen LogP contribution in [-0.4, -0.2) is 56.3 Å². The first-order valence-corrected chi connectivity index (χ1v) is 9.19. The number of hydrogen-bond acceptors (Lipinski definition) is 6. The predicted octanol–water partition coefficient (Wildman–Crippen LogP) is 2.04. The van der Waals surface area contributed by atoms with Gasteiger partial charge < -0.3 is 35.1 Å². The summed E-state index contributed by atoms with van der Waals surface area (Å²) in [6, 6.07) is 12.4. The number of carbonyl (C=O) groups is 1. The molecule has 0 aliphatic carbocycles. The quantitative estimate of drug-likeness (QED) is 0.454. The Morgan fingerprint density at radius 1 is 1.00 bits per heavy atom. The van der Waals surface area contributed by atoms with Crippen LogP contribution < -0.4 is 24.8 Å². The lowest BCUT2D eigenvalue weighted by atomic mass is 10.0. The molecule has 2 rings (SSSR count). The van der Waals surface area contributed by atoms with Gasteiger partial charge in [-0.3, -0.25) is 0 Å². The van der Waals surface area contributed by atoms with Gasteiger partial charge in [0.25, 0.3) is 0 Å². The SMILES string of the molecule is COc1cc(CNC[C@H](O)[C@H](Cc2ccccc2)NC(=O)O)cc(OC)c1OC. The van der Waals surface area contributed by atoms with Crippen LogP contribution in [-0.2, 0) is 13.0 Å². The minimum absolute atomic E-state index is 0.203. The standard InChI is InChI=1S/C21H28N2O6/c1-27-18-10-15(11-19(28-2)20(18)29-3)12-22-13-17(24)16(23-21(25)26)9-14-7-5-4-6-8-14/h4-8,10-11,16-17,22-24H,9,12-13H2,1-3H3,(H,25,26)/t16-,17-/m0/s1. The highest BCUT2D eigenvalue weighted by molar-refractivity contribution is 5.65. The number of nitrogens with one attached hydrogen (secondary N) is 2. The molecule has 0 radical (unpaired) electrons. The van der Waals surface area contributed by atoms with Crippen LogP contribution in [0.5, 0.6) is 17.2 Å². The van der Waals surface area contributed by atoms with Crippen LogP contribution in [0.15, 0.2) is 42.5 Å². The third-order valence-electron chi connectivity index (χ3n) is 4.48. The summed E-state index contributed by atoms with van der Waals surface area (Å²) in [6.45, 7) is 0.632. The smallest absolute Gasteiger partial charge is 0.404 e. The molecule has 0 heterocycles. The van der Waals surface area contributed by atoms with E-state index in [1.54, 1.807) is 14.2 Å². The van der Waals surface area contributed by atoms with Gasteiger partial charge in [0, 0.05) is 13.1 Å². The number of amides is 1. The van der Waals surface area contributed by atoms with E-state index in [0.717, 1.165) is 11.1 Å². The molecule has 0 saturated carbocycles. The molecule has 8 heteroatoms. The highest BCUT2D eigenvalue weighted by Gasteiger charge is 2.21. The van der Waals surface area contributed by atoms with Crippen molar-refractivity contribution in [1.82, 2.24) is 10.6 Å². The van der Waals surface area contributed by atoms with Crippen molar-refractivity contribution in [2.45, 2.75) is 25.1 Å². The van der Waals surface area contributed by atoms with Crippen molar-refractivity contribution in [1.29, 1.82) is 0 Å². The fraction of sp³-hybridized carbons (Fsp3) is 0.381. The van der Waals surface area contributed by atoms with Crippen molar-refractivity contribution in [2.24, 2.45) is 0 Å². The second-order valence-corrected chi connectivity index (χ2v) is 6.48. The van der Waals surface area contributed by atoms with Crippen molar-refractivity contribution in [3.8, 4) is 17.2 Å². The Kier molecular flexibility index (Phi) is 8.57. The van der Waals surface area contributed by atoms with E-state index in [0.29, 0.717) is 30.2 Å². The minimum Gasteiger partial charge on any atom is -0.493 e. The summed E-state index contributed by atoms with van der Waals surface area (Å²) in [4.78, 5) is 11.1. The molecule has 0 spiro atoms. The van der Waals surface area contributed by atoms with Crippen LogP contribution in [0.3, 0.4) is 0 Å². The van der Waals surface area contributed by atoms with E-state index in [2.05, 4.69) is 10.6 Å². The van der Waals surface area contributed by atoms with Crippen LogP contribution >= 0.6 is 0 Å². The normalized spacial score (nSPS) is 12.7. The van der Waals surface area contributed by atoms with Crippen molar-refractivity contribution in [3.63, 3.8) is 0 Å². The van der Waals surface area contributed by atoms with Crippen molar-refractivity contribution >= 4 is 6.09 Å². The Balaban J connectivity index is 2.00. The maximum Gasteiger partial charge on any atom is 0.404 e. The molecule has 0 aliphatic heterocycles. The maximum atomic E-state index is 11.1. The molecule has 29 heavy (non-hydrogen) atoms. The number of benzene rings is 2. The van der Waals surface area contributed by atoms with Gasteiger partial charge in [0.2, 0.25) is 5.75 Å². The van der Waals surface area contributed by atoms with E-state index in [1.807, 2.05) is 42.5 Å². The number of hydrogen-bond donors (Lipinski definition) is 4. The van der Waals surface area contributed by atoms with Crippen LogP contribution in [0.1, 0.15) is 11.1 Å². The summed E-state index contributed by atoms with van der Waals surface area (Å²) in [6.07, 6.45) is -1.69. The second kappa shape index (κ2) is 11.1. The maximum absolute atomic E-state index is 11.1. The average Bonchev–Trinajstić information content (AvgIpc) is 2.72. The molecule has 0 fully saturated rings. The van der Waals surface area contributed by atoms with Gasteiger partial charge in [0.1, 0.15) is 0 Å². The second-order valence-electron chi connectivity index (χ2n) is 6.48. The Bertz CT molecular complexity index is 759. The number of ether oxygens (including phenoxy) is 3. The molecule has 1 amide bonds. The van der Waals surface area contributed by atoms with E-state index in [1.165, 1.54) is 7.11 Å². The zero-order valence-electron chi connectivity index (χ0n) is 16.8. The molecular formula is C21H28N2O6. The lowest BCUT2D eigenvalue weighted by Crippen LogP contribution is -2.48. The van der Waals surface area contributed by atoms with Gasteiger partial charge in [0.15, 0.2) is 11.5 Å². The average molecular weight is 404 g/mol. The van der Waals surface area contributed by atoms with Crippen molar-refractivity contribution in [3.05, 3.63) is 53.6 Å². The van der Waals surface area contributed by atoms with Crippen molar-refractivity contribution < 1.29 is 29.2 Å². The van der Waals surface area contributed by atoms with Gasteiger partial charge in [-0.05, 0) is 29.7 Å². The van der Waals surface area contributed by atoms with Gasteiger partial charge >= 0.3 is 6.09 Å². The first kappa shape index (κ1) is 22.3. The third kappa shape index (κ3) is 6.55. The van der Waals surface area contributed by atoms with Crippen LogP contribution in [0.25, 0.3) is 0 Å². The molecule has 0 bridgehead atoms. The van der Waals surface area contributed by atoms with Gasteiger partial charge in [-0.25, -0.2) is 4.79 Å². The van der Waals surface area contributed by atoms with Gasteiger partial charge in [0.05, 0.1) is 33.5 Å². The highest BCUT2D eigenvalue weighted by atomic mass is 16.5. The summed E-state index contributed by atoms with van der Waals surface area (Å²) in [5, 5.41) is 25.2. The lowest BCUT2D eigenvalue weighted by Gasteiger charge is -2.23. The number of aliphatic hydroxyl groups excluding tert-OH is 1. The molecule has 4 N–H and O–H groups in total. The Morgan fingerprint density at radius 2 is 1.62 bits per heavy atom. The van der Waals surface area contributed by atoms with Gasteiger partial charge in [-0.2, -0.15) is 0 Å². The number of methoxy groups -OCH3 is 3. The summed E-state index contributed by atoms with van der Waals surface area (Å²) < 4.78 is 16.0. The Labute approximate surface area is 170 Å². The van der Waals surface area contributed by atoms with Crippen LogP contribution in [0.4, 0.5) is 4.79 Å². The van der Waals surface area contributed by atoms with E-state index in [4.69, 9.17) is 19.3 Å². The molecule has 0 aromatic heterocycles. The molecule has 0 saturated heterocycles. The van der Waals surface area contributed by atoms with E-state index < -0.39 is 18.2 Å². The third-order valence-corrected chi connectivity index (χ3v) is 4.48. The summed E-state index contributed by atoms with van der Waals surface area (Å²) >= 11 is 0. The molecule has 2 aromatic carbocycles. The number of carboxylic acid groups (broad SMARTS) is 1. The molecule has 0 aliphatic rings. The van der Waals surface area contributed by atoms with Crippen LogP contribution in [0.2, 0.25) is 0 Å². The number of rotatable bonds is 11. The first-order chi connectivity index (χ1) is 14.0. The Hall–Kier alpha value is -2.97. The van der Waals surface area contributed by atoms with E-state index in [-0.39, 0.29) is 6.54 Å². The lowest BCUT2D eigenvalue weighted by molar-refractivity contribution is 0.117. The van der Waals surface area contributed by atoms with Crippen molar-refractivity contribution in [2.75, 3.05) is 27.9 Å². The Morgan fingerprint density at radius 3 is 2.14 bits per heavy atom. The minimum atomic E-state index is -1.17. The highest BCUT2D eigenvalue weighted by Crippen LogP contribution is 2.38. The topological polar surface area (TPSA) is 109 Å². The molecule has 8 nitrogen and oxygen atoms in total. The van der Waals surface area contributed by atoms with E-state index >= 15 is 0 Å².